The number of alkyl halides is 1. The molecule has 0 aliphatic rings. The summed E-state index contributed by atoms with van der Waals surface area (Å²) in [4.78, 5) is 11.5. The molecule has 0 N–H and O–H groups in total. The molecule has 0 bridgehead atoms. The number of ether oxygens (including phenoxy) is 1. The molecular formula is C12H11BrN2O2. The summed E-state index contributed by atoms with van der Waals surface area (Å²) in [5, 5.41) is 4.75. The minimum absolute atomic E-state index is 0.373. The Labute approximate surface area is 107 Å². The Morgan fingerprint density at radius 1 is 1.41 bits per heavy atom. The SMILES string of the molecule is COC(=O)c1cnn(-c2ccccc2)c1CBr. The van der Waals surface area contributed by atoms with Crippen LogP contribution in [0.1, 0.15) is 16.1 Å². The average molecular weight is 295 g/mol. The van der Waals surface area contributed by atoms with E-state index in [2.05, 4.69) is 21.0 Å². The second-order valence-corrected chi connectivity index (χ2v) is 3.94. The molecule has 0 radical (unpaired) electrons. The largest absolute Gasteiger partial charge is 0.465 e. The quantitative estimate of drug-likeness (QED) is 0.645. The van der Waals surface area contributed by atoms with Crippen LogP contribution < -0.4 is 0 Å². The van der Waals surface area contributed by atoms with Crippen LogP contribution in [-0.4, -0.2) is 22.9 Å². The molecule has 0 aliphatic heterocycles. The number of rotatable bonds is 3. The minimum Gasteiger partial charge on any atom is -0.465 e. The Balaban J connectivity index is 2.50. The van der Waals surface area contributed by atoms with E-state index in [0.717, 1.165) is 11.4 Å². The van der Waals surface area contributed by atoms with Crippen LogP contribution in [0.4, 0.5) is 0 Å². The second kappa shape index (κ2) is 5.14. The third-order valence-corrected chi connectivity index (χ3v) is 2.93. The number of esters is 1. The van der Waals surface area contributed by atoms with Crippen molar-refractivity contribution in [2.45, 2.75) is 5.33 Å². The molecule has 0 spiro atoms. The molecule has 17 heavy (non-hydrogen) atoms. The van der Waals surface area contributed by atoms with E-state index in [9.17, 15) is 4.79 Å². The van der Waals surface area contributed by atoms with Crippen molar-refractivity contribution in [1.82, 2.24) is 9.78 Å². The molecule has 0 atom stereocenters. The molecule has 2 aromatic rings. The highest BCUT2D eigenvalue weighted by Crippen LogP contribution is 2.18. The number of benzene rings is 1. The molecule has 0 saturated carbocycles. The summed E-state index contributed by atoms with van der Waals surface area (Å²) in [7, 11) is 1.36. The molecule has 4 nitrogen and oxygen atoms in total. The topological polar surface area (TPSA) is 44.1 Å². The van der Waals surface area contributed by atoms with Gasteiger partial charge < -0.3 is 4.74 Å². The van der Waals surface area contributed by atoms with Crippen LogP contribution in [0.15, 0.2) is 36.5 Å². The van der Waals surface area contributed by atoms with Crippen LogP contribution in [0.3, 0.4) is 0 Å². The van der Waals surface area contributed by atoms with E-state index in [1.54, 1.807) is 4.68 Å². The first-order valence-electron chi connectivity index (χ1n) is 5.04. The van der Waals surface area contributed by atoms with E-state index in [4.69, 9.17) is 4.74 Å². The van der Waals surface area contributed by atoms with E-state index in [1.807, 2.05) is 30.3 Å². The number of carbonyl (C=O) groups excluding carboxylic acids is 1. The fourth-order valence-corrected chi connectivity index (χ4v) is 2.11. The van der Waals surface area contributed by atoms with Crippen LogP contribution >= 0.6 is 15.9 Å². The van der Waals surface area contributed by atoms with Crippen molar-refractivity contribution in [1.29, 1.82) is 0 Å². The predicted octanol–water partition coefficient (Wildman–Crippen LogP) is 2.55. The Hall–Kier alpha value is -1.62. The van der Waals surface area contributed by atoms with Gasteiger partial charge in [0.05, 0.1) is 24.7 Å². The van der Waals surface area contributed by atoms with Crippen molar-refractivity contribution < 1.29 is 9.53 Å². The summed E-state index contributed by atoms with van der Waals surface area (Å²) < 4.78 is 6.44. The molecule has 1 aromatic carbocycles. The fraction of sp³-hybridized carbons (Fsp3) is 0.167. The van der Waals surface area contributed by atoms with Crippen molar-refractivity contribution in [3.05, 3.63) is 47.8 Å². The molecule has 1 heterocycles. The Morgan fingerprint density at radius 2 is 2.12 bits per heavy atom. The Bertz CT molecular complexity index is 523. The van der Waals surface area contributed by atoms with Gasteiger partial charge in [0, 0.05) is 5.33 Å². The van der Waals surface area contributed by atoms with Crippen LogP contribution in [0.2, 0.25) is 0 Å². The lowest BCUT2D eigenvalue weighted by Crippen LogP contribution is -2.06. The zero-order valence-electron chi connectivity index (χ0n) is 9.26. The third-order valence-electron chi connectivity index (χ3n) is 2.40. The normalized spacial score (nSPS) is 10.2. The van der Waals surface area contributed by atoms with E-state index in [1.165, 1.54) is 13.3 Å². The number of halogens is 1. The van der Waals surface area contributed by atoms with Crippen LogP contribution in [-0.2, 0) is 10.1 Å². The van der Waals surface area contributed by atoms with E-state index in [-0.39, 0.29) is 5.97 Å². The maximum atomic E-state index is 11.5. The molecule has 88 valence electrons. The zero-order chi connectivity index (χ0) is 12.3. The summed E-state index contributed by atoms with van der Waals surface area (Å²) in [6.07, 6.45) is 1.52. The second-order valence-electron chi connectivity index (χ2n) is 3.38. The van der Waals surface area contributed by atoms with Gasteiger partial charge in [-0.1, -0.05) is 34.1 Å². The first-order valence-corrected chi connectivity index (χ1v) is 6.16. The summed E-state index contributed by atoms with van der Waals surface area (Å²) in [6.45, 7) is 0. The Morgan fingerprint density at radius 3 is 2.71 bits per heavy atom. The number of hydrogen-bond acceptors (Lipinski definition) is 3. The number of para-hydroxylation sites is 1. The van der Waals surface area contributed by atoms with Gasteiger partial charge >= 0.3 is 5.97 Å². The number of aromatic nitrogens is 2. The fourth-order valence-electron chi connectivity index (χ4n) is 1.57. The first-order chi connectivity index (χ1) is 8.27. The number of hydrogen-bond donors (Lipinski definition) is 0. The highest BCUT2D eigenvalue weighted by molar-refractivity contribution is 9.08. The van der Waals surface area contributed by atoms with Crippen molar-refractivity contribution >= 4 is 21.9 Å². The van der Waals surface area contributed by atoms with Crippen molar-refractivity contribution in [3.63, 3.8) is 0 Å². The van der Waals surface area contributed by atoms with Crippen LogP contribution in [0.5, 0.6) is 0 Å². The van der Waals surface area contributed by atoms with E-state index < -0.39 is 0 Å². The summed E-state index contributed by atoms with van der Waals surface area (Å²) in [5.74, 6) is -0.373. The maximum absolute atomic E-state index is 11.5. The monoisotopic (exact) mass is 294 g/mol. The molecule has 2 rings (SSSR count). The van der Waals surface area contributed by atoms with Gasteiger partial charge in [-0.15, -0.1) is 0 Å². The molecule has 0 amide bonds. The maximum Gasteiger partial charge on any atom is 0.341 e. The lowest BCUT2D eigenvalue weighted by atomic mass is 10.2. The van der Waals surface area contributed by atoms with Gasteiger partial charge in [-0.25, -0.2) is 9.48 Å². The van der Waals surface area contributed by atoms with Gasteiger partial charge in [0.1, 0.15) is 5.56 Å². The first kappa shape index (κ1) is 11.9. The number of methoxy groups -OCH3 is 1. The highest BCUT2D eigenvalue weighted by atomic mass is 79.9. The van der Waals surface area contributed by atoms with Crippen LogP contribution in [0.25, 0.3) is 5.69 Å². The summed E-state index contributed by atoms with van der Waals surface area (Å²) in [5.41, 5.74) is 2.17. The molecular weight excluding hydrogens is 284 g/mol. The summed E-state index contributed by atoms with van der Waals surface area (Å²) >= 11 is 3.36. The molecule has 0 fully saturated rings. The standard InChI is InChI=1S/C12H11BrN2O2/c1-17-12(16)10-8-14-15(11(10)7-13)9-5-3-2-4-6-9/h2-6,8H,7H2,1H3. The van der Waals surface area contributed by atoms with Gasteiger partial charge in [-0.3, -0.25) is 0 Å². The average Bonchev–Trinajstić information content (AvgIpc) is 2.82. The smallest absolute Gasteiger partial charge is 0.341 e. The molecule has 0 saturated heterocycles. The number of carbonyl (C=O) groups is 1. The van der Waals surface area contributed by atoms with Crippen LogP contribution in [0, 0.1) is 0 Å². The molecule has 0 unspecified atom stereocenters. The highest BCUT2D eigenvalue weighted by Gasteiger charge is 2.17. The lowest BCUT2D eigenvalue weighted by Gasteiger charge is -2.06. The van der Waals surface area contributed by atoms with E-state index in [0.29, 0.717) is 10.9 Å². The number of nitrogens with zero attached hydrogens (tertiary/aromatic N) is 2. The van der Waals surface area contributed by atoms with Gasteiger partial charge in [0.15, 0.2) is 0 Å². The molecule has 5 heteroatoms. The minimum atomic E-state index is -0.373. The third kappa shape index (κ3) is 2.24. The van der Waals surface area contributed by atoms with Gasteiger partial charge in [0.25, 0.3) is 0 Å². The van der Waals surface area contributed by atoms with E-state index >= 15 is 0 Å². The molecule has 0 aliphatic carbocycles. The van der Waals surface area contributed by atoms with Gasteiger partial charge in [-0.05, 0) is 12.1 Å². The lowest BCUT2D eigenvalue weighted by molar-refractivity contribution is 0.0600. The van der Waals surface area contributed by atoms with Crippen molar-refractivity contribution in [3.8, 4) is 5.69 Å². The van der Waals surface area contributed by atoms with Crippen molar-refractivity contribution in [2.75, 3.05) is 7.11 Å². The predicted molar refractivity (Wildman–Crippen MR) is 67.5 cm³/mol. The van der Waals surface area contributed by atoms with Gasteiger partial charge in [0.2, 0.25) is 0 Å². The summed E-state index contributed by atoms with van der Waals surface area (Å²) in [6, 6.07) is 9.64. The zero-order valence-corrected chi connectivity index (χ0v) is 10.8. The van der Waals surface area contributed by atoms with Crippen molar-refractivity contribution in [2.24, 2.45) is 0 Å². The van der Waals surface area contributed by atoms with Gasteiger partial charge in [-0.2, -0.15) is 5.10 Å². The molecule has 1 aromatic heterocycles. The Kier molecular flexibility index (Phi) is 3.58.